The van der Waals surface area contributed by atoms with Gasteiger partial charge in [0.1, 0.15) is 22.3 Å². The molecule has 2 heterocycles. The summed E-state index contributed by atoms with van der Waals surface area (Å²) in [5.74, 6) is 0.530. The number of furan rings is 1. The number of carbonyl (C=O) groups excluding carboxylic acids is 2. The molecule has 3 rings (SSSR count). The molecule has 2 aromatic heterocycles. The van der Waals surface area contributed by atoms with Gasteiger partial charge in [-0.25, -0.2) is 4.39 Å². The van der Waals surface area contributed by atoms with Crippen LogP contribution in [0.5, 0.6) is 0 Å². The Balaban J connectivity index is 1.46. The van der Waals surface area contributed by atoms with E-state index in [1.165, 1.54) is 24.3 Å². The number of aryl methyl sites for hydroxylation is 2. The van der Waals surface area contributed by atoms with Crippen molar-refractivity contribution >= 4 is 28.8 Å². The zero-order valence-corrected chi connectivity index (χ0v) is 15.3. The van der Waals surface area contributed by atoms with Crippen molar-refractivity contribution in [2.45, 2.75) is 26.3 Å². The van der Waals surface area contributed by atoms with E-state index in [-0.39, 0.29) is 23.2 Å². The number of rotatable bonds is 7. The van der Waals surface area contributed by atoms with E-state index in [4.69, 9.17) is 4.42 Å². The molecule has 140 valence electrons. The zero-order valence-electron chi connectivity index (χ0n) is 14.5. The van der Waals surface area contributed by atoms with Gasteiger partial charge in [-0.2, -0.15) is 0 Å². The summed E-state index contributed by atoms with van der Waals surface area (Å²) in [4.78, 5) is 24.0. The first-order chi connectivity index (χ1) is 13.0. The Bertz CT molecular complexity index is 936. The molecule has 2 amide bonds. The molecule has 3 aromatic rings. The third-order valence-corrected chi connectivity index (χ3v) is 4.57. The molecule has 27 heavy (non-hydrogen) atoms. The predicted octanol–water partition coefficient (Wildman–Crippen LogP) is 3.08. The Kier molecular flexibility index (Phi) is 5.92. The van der Waals surface area contributed by atoms with Crippen molar-refractivity contribution in [3.05, 3.63) is 63.8 Å². The van der Waals surface area contributed by atoms with Crippen LogP contribution in [-0.2, 0) is 17.8 Å². The molecule has 0 radical (unpaired) electrons. The van der Waals surface area contributed by atoms with Gasteiger partial charge in [0.2, 0.25) is 10.9 Å². The maximum absolute atomic E-state index is 12.9. The summed E-state index contributed by atoms with van der Waals surface area (Å²) in [6, 6.07) is 9.07. The first-order valence-electron chi connectivity index (χ1n) is 8.21. The van der Waals surface area contributed by atoms with Crippen LogP contribution in [0.2, 0.25) is 0 Å². The number of amides is 2. The molecule has 0 fully saturated rings. The summed E-state index contributed by atoms with van der Waals surface area (Å²) in [6.45, 7) is 2.17. The lowest BCUT2D eigenvalue weighted by Crippen LogP contribution is -2.22. The lowest BCUT2D eigenvalue weighted by molar-refractivity contribution is -0.121. The van der Waals surface area contributed by atoms with E-state index in [2.05, 4.69) is 20.8 Å². The van der Waals surface area contributed by atoms with Gasteiger partial charge < -0.3 is 15.1 Å². The average molecular weight is 388 g/mol. The van der Waals surface area contributed by atoms with Gasteiger partial charge in [-0.05, 0) is 43.3 Å². The number of halogens is 1. The number of benzene rings is 1. The van der Waals surface area contributed by atoms with Crippen molar-refractivity contribution in [1.82, 2.24) is 15.5 Å². The smallest absolute Gasteiger partial charge is 0.286 e. The van der Waals surface area contributed by atoms with Crippen molar-refractivity contribution in [3.8, 4) is 0 Å². The van der Waals surface area contributed by atoms with Gasteiger partial charge in [-0.1, -0.05) is 11.3 Å². The fourth-order valence-corrected chi connectivity index (χ4v) is 2.97. The number of nitrogens with zero attached hydrogens (tertiary/aromatic N) is 2. The lowest BCUT2D eigenvalue weighted by Gasteiger charge is -2.02. The predicted molar refractivity (Wildman–Crippen MR) is 97.9 cm³/mol. The van der Waals surface area contributed by atoms with E-state index in [1.807, 2.05) is 19.1 Å². The minimum Gasteiger partial charge on any atom is -0.465 e. The fraction of sp³-hybridized carbons (Fsp3) is 0.222. The topological polar surface area (TPSA) is 97.1 Å². The molecule has 0 aliphatic heterocycles. The Morgan fingerprint density at radius 3 is 2.63 bits per heavy atom. The number of anilines is 1. The SMILES string of the molecule is Cc1ccc(CNC(=O)CCc2nnc(C(=O)Nc3ccc(F)cc3)s2)o1. The molecule has 2 N–H and O–H groups in total. The molecule has 0 aliphatic rings. The molecule has 0 unspecified atom stereocenters. The molecule has 0 bridgehead atoms. The summed E-state index contributed by atoms with van der Waals surface area (Å²) >= 11 is 1.12. The van der Waals surface area contributed by atoms with Gasteiger partial charge in [0.05, 0.1) is 6.54 Å². The monoisotopic (exact) mass is 388 g/mol. The fourth-order valence-electron chi connectivity index (χ4n) is 2.24. The standard InChI is InChI=1S/C18H17FN4O3S/c1-11-2-7-14(26-11)10-20-15(24)8-9-16-22-23-18(27-16)17(25)21-13-5-3-12(19)4-6-13/h2-7H,8-10H2,1H3,(H,20,24)(H,21,25). The molecular formula is C18H17FN4O3S. The third-order valence-electron chi connectivity index (χ3n) is 3.58. The Labute approximate surface area is 158 Å². The molecule has 7 nitrogen and oxygen atoms in total. The van der Waals surface area contributed by atoms with Crippen molar-refractivity contribution < 1.29 is 18.4 Å². The van der Waals surface area contributed by atoms with Crippen LogP contribution in [0.15, 0.2) is 40.8 Å². The van der Waals surface area contributed by atoms with Crippen molar-refractivity contribution in [1.29, 1.82) is 0 Å². The van der Waals surface area contributed by atoms with Crippen LogP contribution < -0.4 is 10.6 Å². The van der Waals surface area contributed by atoms with E-state index in [0.29, 0.717) is 29.4 Å². The van der Waals surface area contributed by atoms with Crippen LogP contribution in [0.1, 0.15) is 32.8 Å². The van der Waals surface area contributed by atoms with Crippen LogP contribution in [-0.4, -0.2) is 22.0 Å². The third kappa shape index (κ3) is 5.45. The molecule has 0 saturated heterocycles. The van der Waals surface area contributed by atoms with E-state index < -0.39 is 5.91 Å². The number of hydrogen-bond donors (Lipinski definition) is 2. The maximum atomic E-state index is 12.9. The summed E-state index contributed by atoms with van der Waals surface area (Å²) in [7, 11) is 0. The van der Waals surface area contributed by atoms with Gasteiger partial charge in [0.15, 0.2) is 0 Å². The highest BCUT2D eigenvalue weighted by Crippen LogP contribution is 2.15. The van der Waals surface area contributed by atoms with E-state index >= 15 is 0 Å². The second kappa shape index (κ2) is 8.54. The summed E-state index contributed by atoms with van der Waals surface area (Å²) in [6.07, 6.45) is 0.610. The largest absolute Gasteiger partial charge is 0.465 e. The highest BCUT2D eigenvalue weighted by Gasteiger charge is 2.14. The second-order valence-electron chi connectivity index (χ2n) is 5.75. The summed E-state index contributed by atoms with van der Waals surface area (Å²) < 4.78 is 18.3. The lowest BCUT2D eigenvalue weighted by atomic mass is 10.3. The van der Waals surface area contributed by atoms with Crippen molar-refractivity contribution in [2.24, 2.45) is 0 Å². The number of carbonyl (C=O) groups is 2. The first kappa shape index (κ1) is 18.7. The molecular weight excluding hydrogens is 371 g/mol. The van der Waals surface area contributed by atoms with Gasteiger partial charge >= 0.3 is 0 Å². The number of nitrogens with one attached hydrogen (secondary N) is 2. The molecule has 1 aromatic carbocycles. The normalized spacial score (nSPS) is 10.6. The van der Waals surface area contributed by atoms with E-state index in [1.54, 1.807) is 0 Å². The van der Waals surface area contributed by atoms with Gasteiger partial charge in [0.25, 0.3) is 5.91 Å². The van der Waals surface area contributed by atoms with E-state index in [9.17, 15) is 14.0 Å². The zero-order chi connectivity index (χ0) is 19.2. The van der Waals surface area contributed by atoms with Crippen LogP contribution >= 0.6 is 11.3 Å². The minimum atomic E-state index is -0.428. The minimum absolute atomic E-state index is 0.142. The highest BCUT2D eigenvalue weighted by atomic mass is 32.1. The molecule has 9 heteroatoms. The van der Waals surface area contributed by atoms with Crippen LogP contribution in [0, 0.1) is 12.7 Å². The van der Waals surface area contributed by atoms with Crippen LogP contribution in [0.25, 0.3) is 0 Å². The Morgan fingerprint density at radius 2 is 1.93 bits per heavy atom. The van der Waals surface area contributed by atoms with Gasteiger partial charge in [0, 0.05) is 18.5 Å². The summed E-state index contributed by atoms with van der Waals surface area (Å²) in [5, 5.41) is 13.9. The Hall–Kier alpha value is -3.07. The molecule has 0 aliphatic carbocycles. The van der Waals surface area contributed by atoms with Crippen molar-refractivity contribution in [3.63, 3.8) is 0 Å². The molecule has 0 spiro atoms. The quantitative estimate of drug-likeness (QED) is 0.648. The van der Waals surface area contributed by atoms with Gasteiger partial charge in [-0.3, -0.25) is 9.59 Å². The van der Waals surface area contributed by atoms with E-state index in [0.717, 1.165) is 17.1 Å². The number of aromatic nitrogens is 2. The maximum Gasteiger partial charge on any atom is 0.286 e. The van der Waals surface area contributed by atoms with Crippen molar-refractivity contribution in [2.75, 3.05) is 5.32 Å². The number of hydrogen-bond acceptors (Lipinski definition) is 6. The molecule has 0 atom stereocenters. The van der Waals surface area contributed by atoms with Crippen LogP contribution in [0.3, 0.4) is 0 Å². The highest BCUT2D eigenvalue weighted by molar-refractivity contribution is 7.13. The Morgan fingerprint density at radius 1 is 1.15 bits per heavy atom. The van der Waals surface area contributed by atoms with Crippen LogP contribution in [0.4, 0.5) is 10.1 Å². The average Bonchev–Trinajstić information content (AvgIpc) is 3.29. The van der Waals surface area contributed by atoms with Gasteiger partial charge in [-0.15, -0.1) is 10.2 Å². The first-order valence-corrected chi connectivity index (χ1v) is 9.02. The second-order valence-corrected chi connectivity index (χ2v) is 6.81. The summed E-state index contributed by atoms with van der Waals surface area (Å²) in [5.41, 5.74) is 0.464. The molecule has 0 saturated carbocycles.